The molecule has 0 bridgehead atoms. The average Bonchev–Trinajstić information content (AvgIpc) is 3.55. The fourth-order valence-electron chi connectivity index (χ4n) is 4.79. The van der Waals surface area contributed by atoms with Crippen molar-refractivity contribution in [1.82, 2.24) is 34.3 Å². The van der Waals surface area contributed by atoms with E-state index in [1.165, 1.54) is 0 Å². The minimum Gasteiger partial charge on any atom is -0.381 e. The van der Waals surface area contributed by atoms with Crippen LogP contribution in [0.25, 0.3) is 16.6 Å². The van der Waals surface area contributed by atoms with Gasteiger partial charge in [0.05, 0.1) is 6.20 Å². The number of rotatable bonds is 5. The molecule has 4 aromatic heterocycles. The first kappa shape index (κ1) is 23.1. The Hall–Kier alpha value is -4.31. The second kappa shape index (κ2) is 8.97. The van der Waals surface area contributed by atoms with Crippen LogP contribution in [-0.2, 0) is 12.6 Å². The maximum Gasteiger partial charge on any atom is 0.225 e. The van der Waals surface area contributed by atoms with Crippen LogP contribution in [0.2, 0.25) is 0 Å². The van der Waals surface area contributed by atoms with E-state index in [9.17, 15) is 5.11 Å². The summed E-state index contributed by atoms with van der Waals surface area (Å²) in [5.74, 6) is 1.58. The summed E-state index contributed by atoms with van der Waals surface area (Å²) in [6, 6.07) is 9.99. The topological polar surface area (TPSA) is 101 Å². The van der Waals surface area contributed by atoms with Gasteiger partial charge in [-0.2, -0.15) is 10.2 Å². The van der Waals surface area contributed by atoms with Crippen LogP contribution in [0.1, 0.15) is 23.6 Å². The number of aryl methyl sites for hydroxylation is 2. The van der Waals surface area contributed by atoms with Gasteiger partial charge in [0.25, 0.3) is 0 Å². The van der Waals surface area contributed by atoms with Crippen LogP contribution in [0.15, 0.2) is 67.6 Å². The number of anilines is 2. The Morgan fingerprint density at radius 3 is 2.19 bits per heavy atom. The van der Waals surface area contributed by atoms with Gasteiger partial charge in [0.1, 0.15) is 17.4 Å². The maximum atomic E-state index is 11.2. The average molecular weight is 496 g/mol. The molecule has 0 radical (unpaired) electrons. The SMILES string of the molecule is Cc1ccc([C@](C)(O)c2cnc(N3CCN(c4ncnn5cc(-c6cnn(C)c6)cc45)CC3)nc2)cc1. The molecule has 5 heterocycles. The number of hydrogen-bond acceptors (Lipinski definition) is 8. The van der Waals surface area contributed by atoms with Crippen LogP contribution in [0.4, 0.5) is 11.8 Å². The fraction of sp³-hybridized carbons (Fsp3) is 0.296. The lowest BCUT2D eigenvalue weighted by Gasteiger charge is -2.35. The van der Waals surface area contributed by atoms with E-state index in [1.807, 2.05) is 61.3 Å². The first-order chi connectivity index (χ1) is 17.9. The molecule has 1 atom stereocenters. The molecule has 1 fully saturated rings. The standard InChI is InChI=1S/C27H29N9O/c1-19-4-6-22(7-5-19)27(2,37)23-14-28-26(29-15-23)35-10-8-34(9-11-35)25-24-12-20(17-36(24)32-18-30-25)21-13-31-33(3)16-21/h4-7,12-18,37H,8-11H2,1-3H3/t27-/m0/s1. The summed E-state index contributed by atoms with van der Waals surface area (Å²) < 4.78 is 3.67. The lowest BCUT2D eigenvalue weighted by atomic mass is 9.90. The van der Waals surface area contributed by atoms with Gasteiger partial charge in [-0.1, -0.05) is 29.8 Å². The number of benzene rings is 1. The molecule has 1 N–H and O–H groups in total. The van der Waals surface area contributed by atoms with Gasteiger partial charge in [-0.15, -0.1) is 0 Å². The highest BCUT2D eigenvalue weighted by molar-refractivity contribution is 5.77. The van der Waals surface area contributed by atoms with Crippen LogP contribution in [0.3, 0.4) is 0 Å². The normalized spacial score (nSPS) is 15.8. The van der Waals surface area contributed by atoms with Gasteiger partial charge in [0, 0.05) is 74.7 Å². The molecule has 0 aliphatic carbocycles. The van der Waals surface area contributed by atoms with Crippen molar-refractivity contribution in [2.45, 2.75) is 19.4 Å². The van der Waals surface area contributed by atoms with Crippen molar-refractivity contribution in [3.8, 4) is 11.1 Å². The zero-order valence-electron chi connectivity index (χ0n) is 21.2. The maximum absolute atomic E-state index is 11.2. The molecule has 1 aromatic carbocycles. The Kier molecular flexibility index (Phi) is 5.60. The molecule has 0 unspecified atom stereocenters. The number of aromatic nitrogens is 7. The van der Waals surface area contributed by atoms with Crippen molar-refractivity contribution in [1.29, 1.82) is 0 Å². The molecule has 188 valence electrons. The first-order valence-electron chi connectivity index (χ1n) is 12.3. The molecule has 0 spiro atoms. The smallest absolute Gasteiger partial charge is 0.225 e. The summed E-state index contributed by atoms with van der Waals surface area (Å²) in [5, 5.41) is 19.8. The molecule has 1 saturated heterocycles. The Labute approximate surface area is 214 Å². The summed E-state index contributed by atoms with van der Waals surface area (Å²) in [7, 11) is 1.91. The number of piperazine rings is 1. The predicted octanol–water partition coefficient (Wildman–Crippen LogP) is 2.81. The van der Waals surface area contributed by atoms with E-state index in [4.69, 9.17) is 0 Å². The van der Waals surface area contributed by atoms with Crippen molar-refractivity contribution < 1.29 is 5.11 Å². The van der Waals surface area contributed by atoms with Crippen LogP contribution in [0, 0.1) is 6.92 Å². The summed E-state index contributed by atoms with van der Waals surface area (Å²) >= 11 is 0. The van der Waals surface area contributed by atoms with Crippen molar-refractivity contribution >= 4 is 17.3 Å². The van der Waals surface area contributed by atoms with Crippen LogP contribution in [0.5, 0.6) is 0 Å². The third-order valence-corrected chi connectivity index (χ3v) is 7.10. The lowest BCUT2D eigenvalue weighted by Crippen LogP contribution is -2.47. The Balaban J connectivity index is 1.17. The third kappa shape index (κ3) is 4.29. The van der Waals surface area contributed by atoms with Gasteiger partial charge in [0.2, 0.25) is 5.95 Å². The van der Waals surface area contributed by atoms with E-state index >= 15 is 0 Å². The number of aliphatic hydroxyl groups is 1. The molecule has 0 amide bonds. The van der Waals surface area contributed by atoms with Gasteiger partial charge in [-0.05, 0) is 25.5 Å². The second-order valence-corrected chi connectivity index (χ2v) is 9.73. The van der Waals surface area contributed by atoms with E-state index < -0.39 is 5.60 Å². The first-order valence-corrected chi connectivity index (χ1v) is 12.3. The monoisotopic (exact) mass is 495 g/mol. The van der Waals surface area contributed by atoms with Crippen LogP contribution >= 0.6 is 0 Å². The van der Waals surface area contributed by atoms with E-state index in [2.05, 4.69) is 41.0 Å². The van der Waals surface area contributed by atoms with Crippen LogP contribution < -0.4 is 9.80 Å². The van der Waals surface area contributed by atoms with E-state index in [-0.39, 0.29) is 0 Å². The Morgan fingerprint density at radius 1 is 0.811 bits per heavy atom. The van der Waals surface area contributed by atoms with Crippen molar-refractivity contribution in [2.75, 3.05) is 36.0 Å². The van der Waals surface area contributed by atoms with Gasteiger partial charge in [-0.3, -0.25) is 4.68 Å². The largest absolute Gasteiger partial charge is 0.381 e. The van der Waals surface area contributed by atoms with Gasteiger partial charge in [-0.25, -0.2) is 19.5 Å². The highest BCUT2D eigenvalue weighted by Gasteiger charge is 2.28. The zero-order chi connectivity index (χ0) is 25.6. The summed E-state index contributed by atoms with van der Waals surface area (Å²) in [4.78, 5) is 18.2. The minimum absolute atomic E-state index is 0.664. The molecule has 6 rings (SSSR count). The molecule has 10 heteroatoms. The Morgan fingerprint density at radius 2 is 1.51 bits per heavy atom. The van der Waals surface area contributed by atoms with Gasteiger partial charge < -0.3 is 14.9 Å². The molecule has 37 heavy (non-hydrogen) atoms. The fourth-order valence-corrected chi connectivity index (χ4v) is 4.79. The van der Waals surface area contributed by atoms with Crippen molar-refractivity contribution in [2.24, 2.45) is 7.05 Å². The third-order valence-electron chi connectivity index (χ3n) is 7.10. The van der Waals surface area contributed by atoms with E-state index in [0.29, 0.717) is 11.5 Å². The molecule has 0 saturated carbocycles. The predicted molar refractivity (Wildman–Crippen MR) is 141 cm³/mol. The van der Waals surface area contributed by atoms with Gasteiger partial charge in [0.15, 0.2) is 5.82 Å². The van der Waals surface area contributed by atoms with Crippen LogP contribution in [-0.4, -0.2) is 65.6 Å². The minimum atomic E-state index is -1.16. The molecular weight excluding hydrogens is 466 g/mol. The zero-order valence-corrected chi connectivity index (χ0v) is 21.2. The highest BCUT2D eigenvalue weighted by Crippen LogP contribution is 2.30. The summed E-state index contributed by atoms with van der Waals surface area (Å²) in [6.45, 7) is 6.90. The van der Waals surface area contributed by atoms with Gasteiger partial charge >= 0.3 is 0 Å². The van der Waals surface area contributed by atoms with E-state index in [1.54, 1.807) is 30.3 Å². The molecule has 1 aliphatic rings. The van der Waals surface area contributed by atoms with E-state index in [0.717, 1.165) is 59.8 Å². The summed E-state index contributed by atoms with van der Waals surface area (Å²) in [6.07, 6.45) is 10.9. The molecular formula is C27H29N9O. The highest BCUT2D eigenvalue weighted by atomic mass is 16.3. The molecule has 1 aliphatic heterocycles. The lowest BCUT2D eigenvalue weighted by molar-refractivity contribution is 0.101. The molecule has 10 nitrogen and oxygen atoms in total. The number of hydrogen-bond donors (Lipinski definition) is 1. The Bertz CT molecular complexity index is 1530. The quantitative estimate of drug-likeness (QED) is 0.397. The summed E-state index contributed by atoms with van der Waals surface area (Å²) in [5.41, 5.74) is 4.55. The van der Waals surface area contributed by atoms with Crippen molar-refractivity contribution in [3.05, 3.63) is 84.3 Å². The second-order valence-electron chi connectivity index (χ2n) is 9.73. The number of fused-ring (bicyclic) bond motifs is 1. The van der Waals surface area contributed by atoms with Crippen molar-refractivity contribution in [3.63, 3.8) is 0 Å². The molecule has 5 aromatic rings. The number of nitrogens with zero attached hydrogens (tertiary/aromatic N) is 9.